The normalized spacial score (nSPS) is 10.7. The molecule has 2 aromatic rings. The van der Waals surface area contributed by atoms with Gasteiger partial charge in [-0.15, -0.1) is 0 Å². The number of rotatable bonds is 18. The van der Waals surface area contributed by atoms with Gasteiger partial charge in [0.15, 0.2) is 6.10 Å². The second kappa shape index (κ2) is 25.2. The molecule has 0 aliphatic rings. The fourth-order valence-corrected chi connectivity index (χ4v) is 2.77. The van der Waals surface area contributed by atoms with Gasteiger partial charge in [0.25, 0.3) is 0 Å². The summed E-state index contributed by atoms with van der Waals surface area (Å²) >= 11 is 0. The van der Waals surface area contributed by atoms with E-state index in [9.17, 15) is 14.4 Å². The number of aldehydes is 2. The monoisotopic (exact) mass is 626 g/mol. The Morgan fingerprint density at radius 1 is 0.667 bits per heavy atom. The first kappa shape index (κ1) is 39.7. The second-order valence-electron chi connectivity index (χ2n) is 8.16. The van der Waals surface area contributed by atoms with E-state index in [-0.39, 0.29) is 19.3 Å². The van der Waals surface area contributed by atoms with Gasteiger partial charge in [-0.2, -0.15) is 0 Å². The zero-order valence-corrected chi connectivity index (χ0v) is 25.3. The number of benzene rings is 2. The number of methoxy groups -OCH3 is 2. The molecule has 45 heavy (non-hydrogen) atoms. The van der Waals surface area contributed by atoms with Gasteiger partial charge in [0.05, 0.1) is 12.2 Å². The molecule has 0 amide bonds. The summed E-state index contributed by atoms with van der Waals surface area (Å²) in [5.74, 6) is -0.572. The smallest absolute Gasteiger partial charge is 0.343 e. The molecule has 242 valence electrons. The molecule has 0 heterocycles. The van der Waals surface area contributed by atoms with Crippen molar-refractivity contribution in [1.82, 2.24) is 0 Å². The summed E-state index contributed by atoms with van der Waals surface area (Å²) < 4.78 is 37.0. The average Bonchev–Trinajstić information content (AvgIpc) is 3.08. The minimum absolute atomic E-state index is 0.0984. The van der Waals surface area contributed by atoms with E-state index in [4.69, 9.17) is 42.7 Å². The van der Waals surface area contributed by atoms with E-state index in [0.29, 0.717) is 48.6 Å². The number of hydrogen-bond donors (Lipinski definition) is 0. The number of esters is 3. The third kappa shape index (κ3) is 18.7. The number of carbonyl (C=O) groups is 5. The first-order chi connectivity index (χ1) is 21.7. The Bertz CT molecular complexity index is 1200. The van der Waals surface area contributed by atoms with Gasteiger partial charge in [-0.3, -0.25) is 9.59 Å². The highest BCUT2D eigenvalue weighted by Crippen LogP contribution is 2.20. The molecule has 12 heteroatoms. The Balaban J connectivity index is 0.00000215. The van der Waals surface area contributed by atoms with E-state index in [1.54, 1.807) is 50.6 Å². The van der Waals surface area contributed by atoms with Crippen LogP contribution in [0.2, 0.25) is 0 Å². The van der Waals surface area contributed by atoms with Gasteiger partial charge < -0.3 is 33.2 Å². The van der Waals surface area contributed by atoms with Crippen LogP contribution in [0.1, 0.15) is 10.4 Å². The maximum Gasteiger partial charge on any atom is 0.343 e. The largest absolute Gasteiger partial charge is 0.491 e. The molecule has 0 radical (unpaired) electrons. The summed E-state index contributed by atoms with van der Waals surface area (Å²) in [5.41, 5.74) is 0.296. The summed E-state index contributed by atoms with van der Waals surface area (Å²) in [5, 5.41) is 0. The molecule has 0 aliphatic heterocycles. The molecule has 2 aromatic carbocycles. The van der Waals surface area contributed by atoms with Gasteiger partial charge in [-0.1, -0.05) is 26.3 Å². The van der Waals surface area contributed by atoms with E-state index in [1.807, 2.05) is 0 Å². The fraction of sp³-hybridized carbons (Fsp3) is 0.242. The van der Waals surface area contributed by atoms with Gasteiger partial charge in [0.2, 0.25) is 0 Å². The predicted octanol–water partition coefficient (Wildman–Crippen LogP) is 3.89. The number of allylic oxidation sites excluding steroid dienone is 2. The van der Waals surface area contributed by atoms with Crippen LogP contribution in [-0.4, -0.2) is 83.3 Å². The number of hydrogen-bond acceptors (Lipinski definition) is 12. The van der Waals surface area contributed by atoms with Crippen molar-refractivity contribution in [3.05, 3.63) is 105 Å². The van der Waals surface area contributed by atoms with Crippen LogP contribution >= 0.6 is 0 Å². The van der Waals surface area contributed by atoms with Gasteiger partial charge >= 0.3 is 17.9 Å². The van der Waals surface area contributed by atoms with E-state index in [0.717, 1.165) is 12.2 Å². The Kier molecular flexibility index (Phi) is 22.2. The molecule has 12 nitrogen and oxygen atoms in total. The Hall–Kier alpha value is -5.33. The first-order valence-corrected chi connectivity index (χ1v) is 13.2. The van der Waals surface area contributed by atoms with E-state index < -0.39 is 24.0 Å². The highest BCUT2D eigenvalue weighted by atomic mass is 16.6. The van der Waals surface area contributed by atoms with Crippen molar-refractivity contribution in [2.24, 2.45) is 0 Å². The van der Waals surface area contributed by atoms with Gasteiger partial charge in [0, 0.05) is 26.4 Å². The van der Waals surface area contributed by atoms with Crippen LogP contribution in [0.4, 0.5) is 0 Å². The summed E-state index contributed by atoms with van der Waals surface area (Å²) in [6, 6.07) is 12.8. The third-order valence-electron chi connectivity index (χ3n) is 4.90. The Morgan fingerprint density at radius 2 is 1.13 bits per heavy atom. The van der Waals surface area contributed by atoms with E-state index in [2.05, 4.69) is 26.3 Å². The van der Waals surface area contributed by atoms with Gasteiger partial charge in [0.1, 0.15) is 55.7 Å². The van der Waals surface area contributed by atoms with E-state index >= 15 is 0 Å². The molecule has 0 saturated heterocycles. The lowest BCUT2D eigenvalue weighted by Crippen LogP contribution is -2.30. The summed E-state index contributed by atoms with van der Waals surface area (Å²) in [4.78, 5) is 53.4. The summed E-state index contributed by atoms with van der Waals surface area (Å²) in [6.45, 7) is 13.3. The van der Waals surface area contributed by atoms with Crippen molar-refractivity contribution in [2.75, 3.05) is 40.6 Å². The lowest BCUT2D eigenvalue weighted by Gasteiger charge is -2.17. The number of carbonyl (C=O) groups excluding carboxylic acids is 5. The molecule has 2 unspecified atom stereocenters. The molecule has 0 saturated carbocycles. The third-order valence-corrected chi connectivity index (χ3v) is 4.90. The zero-order valence-electron chi connectivity index (χ0n) is 25.3. The topological polar surface area (TPSA) is 150 Å². The molecular weight excluding hydrogens is 588 g/mol. The van der Waals surface area contributed by atoms with Crippen molar-refractivity contribution < 1.29 is 57.1 Å². The van der Waals surface area contributed by atoms with Crippen LogP contribution in [0.3, 0.4) is 0 Å². The Labute approximate surface area is 262 Å². The van der Waals surface area contributed by atoms with Crippen LogP contribution in [0.25, 0.3) is 0 Å². The highest BCUT2D eigenvalue weighted by Gasteiger charge is 2.17. The standard InChI is InChI=1S/C27H30O10.2C3H4O/c1-5-25(28)35-18-24(36-26(29)6-2)17-34-20-9-7-19(8-10-20)27(30)37-22-13-11-21(12-14-22)33-16-23(32-4)15-31-3;2*1-2-3-4/h5-14,23-24H,1-2,15-18H2,3-4H3;2*2-3H,1H2. The molecular formula is C33H38O12. The van der Waals surface area contributed by atoms with Crippen molar-refractivity contribution in [2.45, 2.75) is 12.2 Å². The van der Waals surface area contributed by atoms with Crippen LogP contribution in [0, 0.1) is 0 Å². The van der Waals surface area contributed by atoms with Crippen molar-refractivity contribution in [1.29, 1.82) is 0 Å². The molecule has 0 bridgehead atoms. The second-order valence-corrected chi connectivity index (χ2v) is 8.16. The lowest BCUT2D eigenvalue weighted by molar-refractivity contribution is -0.154. The van der Waals surface area contributed by atoms with Gasteiger partial charge in [-0.05, 0) is 60.7 Å². The van der Waals surface area contributed by atoms with Crippen molar-refractivity contribution >= 4 is 30.5 Å². The predicted molar refractivity (Wildman–Crippen MR) is 165 cm³/mol. The minimum Gasteiger partial charge on any atom is -0.491 e. The van der Waals surface area contributed by atoms with Crippen molar-refractivity contribution in [3.8, 4) is 17.2 Å². The first-order valence-electron chi connectivity index (χ1n) is 13.2. The maximum atomic E-state index is 12.5. The number of ether oxygens (including phenoxy) is 7. The summed E-state index contributed by atoms with van der Waals surface area (Å²) in [6.07, 6.45) is 4.58. The molecule has 2 atom stereocenters. The molecule has 0 fully saturated rings. The van der Waals surface area contributed by atoms with Crippen LogP contribution in [-0.2, 0) is 38.1 Å². The van der Waals surface area contributed by atoms with Crippen LogP contribution in [0.15, 0.2) is 99.2 Å². The fourth-order valence-electron chi connectivity index (χ4n) is 2.77. The van der Waals surface area contributed by atoms with Crippen molar-refractivity contribution in [3.63, 3.8) is 0 Å². The van der Waals surface area contributed by atoms with Crippen LogP contribution < -0.4 is 14.2 Å². The molecule has 0 aliphatic carbocycles. The highest BCUT2D eigenvalue weighted by molar-refractivity contribution is 5.91. The minimum atomic E-state index is -0.869. The van der Waals surface area contributed by atoms with Gasteiger partial charge in [-0.25, -0.2) is 14.4 Å². The van der Waals surface area contributed by atoms with E-state index in [1.165, 1.54) is 24.3 Å². The Morgan fingerprint density at radius 3 is 1.58 bits per heavy atom. The summed E-state index contributed by atoms with van der Waals surface area (Å²) in [7, 11) is 3.16. The quantitative estimate of drug-likeness (QED) is 0.102. The molecule has 0 N–H and O–H groups in total. The average molecular weight is 627 g/mol. The maximum absolute atomic E-state index is 12.5. The SMILES string of the molecule is C=CC(=O)OCC(COc1ccc(C(=O)Oc2ccc(OCC(COC)OC)cc2)cc1)OC(=O)C=C.C=CC=O.C=CC=O. The zero-order chi connectivity index (χ0) is 33.9. The molecule has 0 aromatic heterocycles. The van der Waals surface area contributed by atoms with Crippen LogP contribution in [0.5, 0.6) is 17.2 Å². The molecule has 2 rings (SSSR count). The lowest BCUT2D eigenvalue weighted by atomic mass is 10.2. The molecule has 0 spiro atoms.